The lowest BCUT2D eigenvalue weighted by Gasteiger charge is -2.27. The minimum absolute atomic E-state index is 0.683. The van der Waals surface area contributed by atoms with Gasteiger partial charge in [0.1, 0.15) is 0 Å². The van der Waals surface area contributed by atoms with Crippen molar-refractivity contribution in [3.8, 4) is 0 Å². The summed E-state index contributed by atoms with van der Waals surface area (Å²) in [5.41, 5.74) is 1.29. The van der Waals surface area contributed by atoms with Crippen LogP contribution >= 0.6 is 11.3 Å². The first-order valence-electron chi connectivity index (χ1n) is 7.63. The van der Waals surface area contributed by atoms with Crippen molar-refractivity contribution < 1.29 is 0 Å². The minimum atomic E-state index is 0.683. The molecule has 2 rings (SSSR count). The Hall–Kier alpha value is -0.610. The zero-order chi connectivity index (χ0) is 13.8. The van der Waals surface area contributed by atoms with Crippen LogP contribution in [0.2, 0.25) is 0 Å². The molecule has 0 amide bonds. The molecule has 2 heterocycles. The van der Waals surface area contributed by atoms with Crippen LogP contribution in [0.25, 0.3) is 0 Å². The third-order valence-electron chi connectivity index (χ3n) is 3.95. The largest absolute Gasteiger partial charge is 0.345 e. The molecule has 1 fully saturated rings. The Morgan fingerprint density at radius 1 is 1.42 bits per heavy atom. The summed E-state index contributed by atoms with van der Waals surface area (Å²) >= 11 is 1.89. The minimum Gasteiger partial charge on any atom is -0.345 e. The zero-order valence-electron chi connectivity index (χ0n) is 12.7. The van der Waals surface area contributed by atoms with Crippen LogP contribution in [-0.2, 0) is 13.0 Å². The maximum absolute atomic E-state index is 4.90. The van der Waals surface area contributed by atoms with Crippen LogP contribution in [0, 0.1) is 5.92 Å². The van der Waals surface area contributed by atoms with Crippen LogP contribution in [0.5, 0.6) is 0 Å². The topological polar surface area (TPSA) is 28.2 Å². The number of hydrogen-bond acceptors (Lipinski definition) is 4. The average Bonchev–Trinajstić information content (AvgIpc) is 3.01. The van der Waals surface area contributed by atoms with Crippen molar-refractivity contribution in [3.05, 3.63) is 10.6 Å². The van der Waals surface area contributed by atoms with Crippen LogP contribution in [0.1, 0.15) is 51.1 Å². The van der Waals surface area contributed by atoms with E-state index < -0.39 is 0 Å². The van der Waals surface area contributed by atoms with Crippen molar-refractivity contribution in [3.63, 3.8) is 0 Å². The molecule has 1 aromatic rings. The first-order chi connectivity index (χ1) is 9.17. The molecule has 0 radical (unpaired) electrons. The highest BCUT2D eigenvalue weighted by Gasteiger charge is 2.29. The molecule has 1 unspecified atom stereocenters. The molecule has 108 valence electrons. The second-order valence-corrected chi connectivity index (χ2v) is 6.71. The van der Waals surface area contributed by atoms with E-state index in [0.29, 0.717) is 12.0 Å². The predicted octanol–water partition coefficient (Wildman–Crippen LogP) is 3.44. The Balaban J connectivity index is 2.17. The molecule has 4 heteroatoms. The third-order valence-corrected chi connectivity index (χ3v) is 5.09. The van der Waals surface area contributed by atoms with Crippen LogP contribution in [-0.4, -0.2) is 24.1 Å². The Morgan fingerprint density at radius 2 is 2.21 bits per heavy atom. The predicted molar refractivity (Wildman–Crippen MR) is 84.1 cm³/mol. The fraction of sp³-hybridized carbons (Fsp3) is 0.800. The smallest absolute Gasteiger partial charge is 0.186 e. The molecule has 1 atom stereocenters. The van der Waals surface area contributed by atoms with Crippen molar-refractivity contribution in [2.45, 2.75) is 59.5 Å². The van der Waals surface area contributed by atoms with Gasteiger partial charge in [0.2, 0.25) is 0 Å². The van der Waals surface area contributed by atoms with Gasteiger partial charge in [0.15, 0.2) is 5.13 Å². The maximum Gasteiger partial charge on any atom is 0.186 e. The summed E-state index contributed by atoms with van der Waals surface area (Å²) in [7, 11) is 0. The lowest BCUT2D eigenvalue weighted by atomic mass is 10.0. The molecule has 19 heavy (non-hydrogen) atoms. The van der Waals surface area contributed by atoms with Crippen molar-refractivity contribution >= 4 is 16.5 Å². The summed E-state index contributed by atoms with van der Waals surface area (Å²) in [6.07, 6.45) is 3.67. The first-order valence-corrected chi connectivity index (χ1v) is 8.44. The van der Waals surface area contributed by atoms with Crippen LogP contribution < -0.4 is 10.2 Å². The summed E-state index contributed by atoms with van der Waals surface area (Å²) < 4.78 is 0. The zero-order valence-corrected chi connectivity index (χ0v) is 13.5. The molecule has 0 saturated carbocycles. The van der Waals surface area contributed by atoms with Crippen molar-refractivity contribution in [2.75, 3.05) is 18.0 Å². The molecule has 3 nitrogen and oxygen atoms in total. The van der Waals surface area contributed by atoms with Gasteiger partial charge in [0, 0.05) is 24.0 Å². The lowest BCUT2D eigenvalue weighted by Crippen LogP contribution is -2.33. The molecule has 1 saturated heterocycles. The number of rotatable bonds is 6. The Kier molecular flexibility index (Phi) is 5.22. The van der Waals surface area contributed by atoms with Crippen molar-refractivity contribution in [1.82, 2.24) is 10.3 Å². The molecular formula is C15H27N3S. The van der Waals surface area contributed by atoms with Gasteiger partial charge in [-0.1, -0.05) is 27.7 Å². The van der Waals surface area contributed by atoms with Gasteiger partial charge in [-0.3, -0.25) is 0 Å². The second-order valence-electron chi connectivity index (χ2n) is 5.65. The molecule has 0 spiro atoms. The van der Waals surface area contributed by atoms with E-state index in [1.807, 2.05) is 11.3 Å². The molecule has 1 aliphatic heterocycles. The van der Waals surface area contributed by atoms with Gasteiger partial charge in [-0.05, 0) is 31.7 Å². The van der Waals surface area contributed by atoms with E-state index in [4.69, 9.17) is 4.98 Å². The number of nitrogens with zero attached hydrogens (tertiary/aromatic N) is 2. The summed E-state index contributed by atoms with van der Waals surface area (Å²) in [5.74, 6) is 0.716. The molecule has 1 aromatic heterocycles. The maximum atomic E-state index is 4.90. The summed E-state index contributed by atoms with van der Waals surface area (Å²) in [6, 6.07) is 0.683. The number of thiazole rings is 1. The van der Waals surface area contributed by atoms with E-state index in [2.05, 4.69) is 37.9 Å². The lowest BCUT2D eigenvalue weighted by molar-refractivity contribution is 0.491. The third kappa shape index (κ3) is 3.29. The van der Waals surface area contributed by atoms with E-state index in [0.717, 1.165) is 19.5 Å². The SMILES string of the molecule is CCNCc1sc(N2CCCC2C(C)C)nc1CC. The van der Waals surface area contributed by atoms with Gasteiger partial charge in [-0.25, -0.2) is 4.98 Å². The van der Waals surface area contributed by atoms with Gasteiger partial charge in [-0.2, -0.15) is 0 Å². The van der Waals surface area contributed by atoms with E-state index in [1.165, 1.54) is 35.1 Å². The van der Waals surface area contributed by atoms with Crippen LogP contribution in [0.15, 0.2) is 0 Å². The molecule has 0 aliphatic carbocycles. The van der Waals surface area contributed by atoms with E-state index in [9.17, 15) is 0 Å². The highest BCUT2D eigenvalue weighted by atomic mass is 32.1. The van der Waals surface area contributed by atoms with Gasteiger partial charge >= 0.3 is 0 Å². The molecule has 0 bridgehead atoms. The van der Waals surface area contributed by atoms with Crippen LogP contribution in [0.4, 0.5) is 5.13 Å². The molecule has 1 N–H and O–H groups in total. The van der Waals surface area contributed by atoms with Crippen LogP contribution in [0.3, 0.4) is 0 Å². The molecule has 0 aromatic carbocycles. The number of aryl methyl sites for hydroxylation is 1. The van der Waals surface area contributed by atoms with Crippen molar-refractivity contribution in [1.29, 1.82) is 0 Å². The van der Waals surface area contributed by atoms with Gasteiger partial charge in [0.05, 0.1) is 5.69 Å². The summed E-state index contributed by atoms with van der Waals surface area (Å²) in [5, 5.41) is 4.68. The van der Waals surface area contributed by atoms with Gasteiger partial charge in [-0.15, -0.1) is 11.3 Å². The number of hydrogen-bond donors (Lipinski definition) is 1. The molecular weight excluding hydrogens is 254 g/mol. The number of anilines is 1. The first kappa shape index (κ1) is 14.8. The van der Waals surface area contributed by atoms with E-state index in [-0.39, 0.29) is 0 Å². The number of aromatic nitrogens is 1. The Bertz CT molecular complexity index is 400. The van der Waals surface area contributed by atoms with Gasteiger partial charge in [0.25, 0.3) is 0 Å². The molecule has 1 aliphatic rings. The Morgan fingerprint density at radius 3 is 2.84 bits per heavy atom. The van der Waals surface area contributed by atoms with Crippen molar-refractivity contribution in [2.24, 2.45) is 5.92 Å². The van der Waals surface area contributed by atoms with E-state index in [1.54, 1.807) is 0 Å². The second kappa shape index (κ2) is 6.71. The van der Waals surface area contributed by atoms with E-state index >= 15 is 0 Å². The quantitative estimate of drug-likeness (QED) is 0.866. The highest BCUT2D eigenvalue weighted by Crippen LogP contribution is 2.34. The summed E-state index contributed by atoms with van der Waals surface area (Å²) in [6.45, 7) is 12.2. The average molecular weight is 281 g/mol. The fourth-order valence-corrected chi connectivity index (χ4v) is 4.07. The summed E-state index contributed by atoms with van der Waals surface area (Å²) in [4.78, 5) is 8.87. The van der Waals surface area contributed by atoms with Gasteiger partial charge < -0.3 is 10.2 Å². The fourth-order valence-electron chi connectivity index (χ4n) is 2.87. The normalized spacial score (nSPS) is 19.6. The Labute approximate surface area is 121 Å². The highest BCUT2D eigenvalue weighted by molar-refractivity contribution is 7.15. The number of nitrogens with one attached hydrogen (secondary N) is 1. The standard InChI is InChI=1S/C15H27N3S/c1-5-12-14(10-16-6-2)19-15(17-12)18-9-7-8-13(18)11(3)4/h11,13,16H,5-10H2,1-4H3. The monoisotopic (exact) mass is 281 g/mol.